The van der Waals surface area contributed by atoms with Crippen LogP contribution in [0.3, 0.4) is 0 Å². The zero-order valence-corrected chi connectivity index (χ0v) is 5.83. The average Bonchev–Trinajstić information content (AvgIpc) is 2.34. The Morgan fingerprint density at radius 2 is 2.50 bits per heavy atom. The van der Waals surface area contributed by atoms with Gasteiger partial charge in [-0.2, -0.15) is 0 Å². The Labute approximate surface area is 58.1 Å². The fourth-order valence-electron chi connectivity index (χ4n) is 0.588. The van der Waals surface area contributed by atoms with E-state index in [1.54, 1.807) is 19.9 Å². The molecule has 0 aliphatic rings. The molecule has 1 rings (SSSR count). The minimum absolute atomic E-state index is 0.455. The van der Waals surface area contributed by atoms with Crippen molar-refractivity contribution < 1.29 is 9.73 Å². The quantitative estimate of drug-likeness (QED) is 0.362. The van der Waals surface area contributed by atoms with Crippen molar-refractivity contribution in [3.63, 3.8) is 0 Å². The first-order chi connectivity index (χ1) is 4.74. The third-order valence-electron chi connectivity index (χ3n) is 1.15. The Kier molecular flexibility index (Phi) is 1.71. The van der Waals surface area contributed by atoms with Crippen molar-refractivity contribution in [3.05, 3.63) is 17.5 Å². The first kappa shape index (κ1) is 6.80. The van der Waals surface area contributed by atoms with Crippen molar-refractivity contribution in [2.45, 2.75) is 13.8 Å². The van der Waals surface area contributed by atoms with E-state index < -0.39 is 0 Å². The molecule has 0 bridgehead atoms. The first-order valence-electron chi connectivity index (χ1n) is 2.86. The monoisotopic (exact) mass is 140 g/mol. The van der Waals surface area contributed by atoms with E-state index in [1.165, 1.54) is 0 Å². The van der Waals surface area contributed by atoms with Crippen LogP contribution in [0.25, 0.3) is 0 Å². The van der Waals surface area contributed by atoms with E-state index in [9.17, 15) is 0 Å². The summed E-state index contributed by atoms with van der Waals surface area (Å²) in [4.78, 5) is 0. The molecule has 0 unspecified atom stereocenters. The molecule has 0 spiro atoms. The molecule has 0 atom stereocenters. The van der Waals surface area contributed by atoms with Crippen molar-refractivity contribution in [3.8, 4) is 0 Å². The molecule has 0 radical (unpaired) electrons. The lowest BCUT2D eigenvalue weighted by Crippen LogP contribution is -1.92. The van der Waals surface area contributed by atoms with Gasteiger partial charge in [-0.1, -0.05) is 10.3 Å². The van der Waals surface area contributed by atoms with Gasteiger partial charge in [0.05, 0.1) is 0 Å². The van der Waals surface area contributed by atoms with Crippen molar-refractivity contribution in [2.24, 2.45) is 5.16 Å². The number of rotatable bonds is 1. The summed E-state index contributed by atoms with van der Waals surface area (Å²) in [5.74, 6) is 0.706. The second-order valence-corrected chi connectivity index (χ2v) is 2.01. The zero-order valence-electron chi connectivity index (χ0n) is 5.83. The summed E-state index contributed by atoms with van der Waals surface area (Å²) >= 11 is 0. The highest BCUT2D eigenvalue weighted by atomic mass is 16.5. The summed E-state index contributed by atoms with van der Waals surface area (Å²) in [6.07, 6.45) is 0. The molecule has 1 aromatic heterocycles. The van der Waals surface area contributed by atoms with Crippen LogP contribution in [0, 0.1) is 6.92 Å². The van der Waals surface area contributed by atoms with Crippen LogP contribution in [0.15, 0.2) is 15.7 Å². The molecule has 0 saturated carbocycles. The Hall–Kier alpha value is -1.32. The minimum atomic E-state index is 0.455. The van der Waals surface area contributed by atoms with Gasteiger partial charge in [0.1, 0.15) is 17.2 Å². The molecule has 1 heterocycles. The van der Waals surface area contributed by atoms with Gasteiger partial charge < -0.3 is 9.73 Å². The molecule has 4 heteroatoms. The van der Waals surface area contributed by atoms with Crippen LogP contribution >= 0.6 is 0 Å². The van der Waals surface area contributed by atoms with Crippen molar-refractivity contribution >= 4 is 5.71 Å². The smallest absolute Gasteiger partial charge is 0.134 e. The van der Waals surface area contributed by atoms with Crippen molar-refractivity contribution in [1.82, 2.24) is 5.16 Å². The maximum atomic E-state index is 8.30. The van der Waals surface area contributed by atoms with E-state index in [-0.39, 0.29) is 0 Å². The Bertz CT molecular complexity index is 252. The Morgan fingerprint density at radius 1 is 1.80 bits per heavy atom. The maximum absolute atomic E-state index is 8.30. The van der Waals surface area contributed by atoms with E-state index in [4.69, 9.17) is 9.73 Å². The van der Waals surface area contributed by atoms with E-state index in [2.05, 4.69) is 10.3 Å². The van der Waals surface area contributed by atoms with Crippen LogP contribution in [0.2, 0.25) is 0 Å². The third-order valence-corrected chi connectivity index (χ3v) is 1.15. The summed E-state index contributed by atoms with van der Waals surface area (Å²) < 4.78 is 4.75. The van der Waals surface area contributed by atoms with Crippen LogP contribution < -0.4 is 0 Å². The molecule has 0 amide bonds. The standard InChI is InChI=1S/C6H8N2O2/c1-4-3-6(8-10-4)5(2)7-9/h3,9H,1-2H3/b7-5+. The molecular formula is C6H8N2O2. The number of hydrogen-bond acceptors (Lipinski definition) is 4. The molecule has 54 valence electrons. The number of nitrogens with zero attached hydrogens (tertiary/aromatic N) is 2. The second-order valence-electron chi connectivity index (χ2n) is 2.01. The molecular weight excluding hydrogens is 132 g/mol. The summed E-state index contributed by atoms with van der Waals surface area (Å²) in [6, 6.07) is 1.70. The second kappa shape index (κ2) is 2.51. The van der Waals surface area contributed by atoms with Gasteiger partial charge in [0.15, 0.2) is 0 Å². The summed E-state index contributed by atoms with van der Waals surface area (Å²) in [5.41, 5.74) is 1.02. The molecule has 1 N–H and O–H groups in total. The highest BCUT2D eigenvalue weighted by Gasteiger charge is 2.02. The average molecular weight is 140 g/mol. The van der Waals surface area contributed by atoms with Gasteiger partial charge in [-0.15, -0.1) is 0 Å². The number of aromatic nitrogens is 1. The van der Waals surface area contributed by atoms with E-state index in [0.717, 1.165) is 0 Å². The van der Waals surface area contributed by atoms with Gasteiger partial charge in [-0.25, -0.2) is 0 Å². The number of hydrogen-bond donors (Lipinski definition) is 1. The van der Waals surface area contributed by atoms with Gasteiger partial charge >= 0.3 is 0 Å². The van der Waals surface area contributed by atoms with Crippen molar-refractivity contribution in [2.75, 3.05) is 0 Å². The van der Waals surface area contributed by atoms with Gasteiger partial charge in [0.2, 0.25) is 0 Å². The van der Waals surface area contributed by atoms with Gasteiger partial charge in [-0.05, 0) is 13.8 Å². The minimum Gasteiger partial charge on any atom is -0.411 e. The van der Waals surface area contributed by atoms with Crippen LogP contribution in [-0.2, 0) is 0 Å². The molecule has 0 saturated heterocycles. The Morgan fingerprint density at radius 3 is 2.90 bits per heavy atom. The number of aryl methyl sites for hydroxylation is 1. The molecule has 4 nitrogen and oxygen atoms in total. The lowest BCUT2D eigenvalue weighted by Gasteiger charge is -1.84. The predicted molar refractivity (Wildman–Crippen MR) is 35.2 cm³/mol. The molecule has 0 aromatic carbocycles. The summed E-state index contributed by atoms with van der Waals surface area (Å²) in [7, 11) is 0. The van der Waals surface area contributed by atoms with Gasteiger partial charge in [0.25, 0.3) is 0 Å². The van der Waals surface area contributed by atoms with Crippen LogP contribution in [0.5, 0.6) is 0 Å². The molecule has 10 heavy (non-hydrogen) atoms. The van der Waals surface area contributed by atoms with Crippen molar-refractivity contribution in [1.29, 1.82) is 0 Å². The van der Waals surface area contributed by atoms with Crippen LogP contribution in [0.4, 0.5) is 0 Å². The fourth-order valence-corrected chi connectivity index (χ4v) is 0.588. The maximum Gasteiger partial charge on any atom is 0.134 e. The predicted octanol–water partition coefficient (Wildman–Crippen LogP) is 1.18. The highest BCUT2D eigenvalue weighted by molar-refractivity contribution is 5.96. The summed E-state index contributed by atoms with van der Waals surface area (Å²) in [6.45, 7) is 3.43. The molecule has 0 aliphatic heterocycles. The third kappa shape index (κ3) is 1.15. The van der Waals surface area contributed by atoms with E-state index in [0.29, 0.717) is 17.2 Å². The van der Waals surface area contributed by atoms with Crippen LogP contribution in [0.1, 0.15) is 18.4 Å². The normalized spacial score (nSPS) is 12.0. The van der Waals surface area contributed by atoms with Gasteiger partial charge in [0, 0.05) is 6.07 Å². The molecule has 0 fully saturated rings. The molecule has 1 aromatic rings. The van der Waals surface area contributed by atoms with E-state index in [1.807, 2.05) is 0 Å². The fraction of sp³-hybridized carbons (Fsp3) is 0.333. The topological polar surface area (TPSA) is 58.6 Å². The first-order valence-corrected chi connectivity index (χ1v) is 2.86. The lowest BCUT2D eigenvalue weighted by molar-refractivity contribution is 0.318. The Balaban J connectivity index is 2.95. The highest BCUT2D eigenvalue weighted by Crippen LogP contribution is 2.01. The largest absolute Gasteiger partial charge is 0.411 e. The SMILES string of the molecule is C/C(=N\O)c1cc(C)on1. The molecule has 0 aliphatic carbocycles. The van der Waals surface area contributed by atoms with E-state index >= 15 is 0 Å². The zero-order chi connectivity index (χ0) is 7.56. The van der Waals surface area contributed by atoms with Gasteiger partial charge in [-0.3, -0.25) is 0 Å². The lowest BCUT2D eigenvalue weighted by atomic mass is 10.3. The summed E-state index contributed by atoms with van der Waals surface area (Å²) in [5, 5.41) is 14.9. The number of oxime groups is 1. The van der Waals surface area contributed by atoms with Crippen LogP contribution in [-0.4, -0.2) is 16.1 Å².